The SMILES string of the molecule is CO[C@@H](C)c1nnc(C2CCC2)o1. The maximum absolute atomic E-state index is 5.49. The highest BCUT2D eigenvalue weighted by Gasteiger charge is 2.26. The molecule has 4 nitrogen and oxygen atoms in total. The first-order chi connectivity index (χ1) is 6.31. The zero-order valence-electron chi connectivity index (χ0n) is 7.99. The molecule has 0 N–H and O–H groups in total. The summed E-state index contributed by atoms with van der Waals surface area (Å²) in [6, 6.07) is 0. The molecule has 1 atom stereocenters. The van der Waals surface area contributed by atoms with Crippen LogP contribution in [0.25, 0.3) is 0 Å². The number of nitrogens with zero attached hydrogens (tertiary/aromatic N) is 2. The van der Waals surface area contributed by atoms with E-state index in [1.165, 1.54) is 19.3 Å². The van der Waals surface area contributed by atoms with E-state index in [0.29, 0.717) is 11.8 Å². The Morgan fingerprint density at radius 3 is 2.77 bits per heavy atom. The van der Waals surface area contributed by atoms with Crippen LogP contribution in [0.1, 0.15) is 50.0 Å². The number of hydrogen-bond acceptors (Lipinski definition) is 4. The fourth-order valence-electron chi connectivity index (χ4n) is 1.33. The third-order valence-corrected chi connectivity index (χ3v) is 2.61. The number of aromatic nitrogens is 2. The van der Waals surface area contributed by atoms with Crippen molar-refractivity contribution in [2.45, 2.75) is 38.2 Å². The molecule has 72 valence electrons. The molecule has 0 aliphatic heterocycles. The summed E-state index contributed by atoms with van der Waals surface area (Å²) in [4.78, 5) is 0. The fraction of sp³-hybridized carbons (Fsp3) is 0.778. The minimum absolute atomic E-state index is 0.0960. The molecule has 0 unspecified atom stereocenters. The Balaban J connectivity index is 2.08. The van der Waals surface area contributed by atoms with Crippen LogP contribution in [0.3, 0.4) is 0 Å². The van der Waals surface area contributed by atoms with Gasteiger partial charge in [0, 0.05) is 13.0 Å². The molecule has 1 aliphatic rings. The molecule has 0 radical (unpaired) electrons. The molecule has 1 heterocycles. The summed E-state index contributed by atoms with van der Waals surface area (Å²) >= 11 is 0. The van der Waals surface area contributed by atoms with E-state index in [-0.39, 0.29) is 6.10 Å². The van der Waals surface area contributed by atoms with Crippen LogP contribution in [0.2, 0.25) is 0 Å². The first-order valence-electron chi connectivity index (χ1n) is 4.67. The van der Waals surface area contributed by atoms with Gasteiger partial charge in [0.05, 0.1) is 0 Å². The molecular formula is C9H14N2O2. The van der Waals surface area contributed by atoms with Gasteiger partial charge in [-0.05, 0) is 19.8 Å². The van der Waals surface area contributed by atoms with Crippen LogP contribution < -0.4 is 0 Å². The van der Waals surface area contributed by atoms with Gasteiger partial charge in [0.1, 0.15) is 6.10 Å². The minimum atomic E-state index is -0.0960. The summed E-state index contributed by atoms with van der Waals surface area (Å²) in [5.74, 6) is 1.87. The molecule has 0 amide bonds. The molecule has 1 aromatic heterocycles. The van der Waals surface area contributed by atoms with Gasteiger partial charge < -0.3 is 9.15 Å². The van der Waals surface area contributed by atoms with Gasteiger partial charge in [-0.2, -0.15) is 0 Å². The maximum Gasteiger partial charge on any atom is 0.244 e. The van der Waals surface area contributed by atoms with E-state index in [9.17, 15) is 0 Å². The highest BCUT2D eigenvalue weighted by atomic mass is 16.5. The highest BCUT2D eigenvalue weighted by molar-refractivity contribution is 4.97. The number of ether oxygens (including phenoxy) is 1. The molecule has 2 rings (SSSR count). The molecule has 0 saturated heterocycles. The topological polar surface area (TPSA) is 48.2 Å². The first-order valence-corrected chi connectivity index (χ1v) is 4.67. The van der Waals surface area contributed by atoms with Crippen LogP contribution in [0.15, 0.2) is 4.42 Å². The van der Waals surface area contributed by atoms with Crippen LogP contribution in [0.4, 0.5) is 0 Å². The maximum atomic E-state index is 5.49. The van der Waals surface area contributed by atoms with Crippen molar-refractivity contribution in [3.63, 3.8) is 0 Å². The van der Waals surface area contributed by atoms with Crippen molar-refractivity contribution in [3.8, 4) is 0 Å². The monoisotopic (exact) mass is 182 g/mol. The van der Waals surface area contributed by atoms with Gasteiger partial charge in [0.2, 0.25) is 11.8 Å². The molecule has 1 aliphatic carbocycles. The zero-order chi connectivity index (χ0) is 9.26. The largest absolute Gasteiger partial charge is 0.422 e. The van der Waals surface area contributed by atoms with Gasteiger partial charge in [0.15, 0.2) is 0 Å². The van der Waals surface area contributed by atoms with Gasteiger partial charge in [0.25, 0.3) is 0 Å². The third kappa shape index (κ3) is 1.58. The normalized spacial score (nSPS) is 19.8. The third-order valence-electron chi connectivity index (χ3n) is 2.61. The van der Waals surface area contributed by atoms with Gasteiger partial charge in [-0.3, -0.25) is 0 Å². The Morgan fingerprint density at radius 1 is 1.46 bits per heavy atom. The van der Waals surface area contributed by atoms with Gasteiger partial charge in [-0.1, -0.05) is 6.42 Å². The Labute approximate surface area is 77.3 Å². The Hall–Kier alpha value is -0.900. The molecule has 4 heteroatoms. The molecule has 0 spiro atoms. The fourth-order valence-corrected chi connectivity index (χ4v) is 1.33. The number of rotatable bonds is 3. The zero-order valence-corrected chi connectivity index (χ0v) is 7.99. The summed E-state index contributed by atoms with van der Waals surface area (Å²) in [7, 11) is 1.64. The Kier molecular flexibility index (Phi) is 2.31. The molecule has 0 aromatic carbocycles. The standard InChI is InChI=1S/C9H14N2O2/c1-6(12-2)8-10-11-9(13-8)7-4-3-5-7/h6-7H,3-5H2,1-2H3/t6-/m0/s1. The van der Waals surface area contributed by atoms with Gasteiger partial charge >= 0.3 is 0 Å². The van der Waals surface area contributed by atoms with E-state index in [2.05, 4.69) is 10.2 Å². The molecule has 13 heavy (non-hydrogen) atoms. The van der Waals surface area contributed by atoms with Crippen molar-refractivity contribution in [2.75, 3.05) is 7.11 Å². The average molecular weight is 182 g/mol. The predicted octanol–water partition coefficient (Wildman–Crippen LogP) is 2.04. The second kappa shape index (κ2) is 3.46. The van der Waals surface area contributed by atoms with Crippen LogP contribution >= 0.6 is 0 Å². The van der Waals surface area contributed by atoms with Crippen molar-refractivity contribution in [1.82, 2.24) is 10.2 Å². The van der Waals surface area contributed by atoms with E-state index in [1.54, 1.807) is 7.11 Å². The molecule has 1 fully saturated rings. The second-order valence-corrected chi connectivity index (χ2v) is 3.48. The van der Waals surface area contributed by atoms with E-state index in [0.717, 1.165) is 5.89 Å². The van der Waals surface area contributed by atoms with Gasteiger partial charge in [-0.25, -0.2) is 0 Å². The molecule has 1 aromatic rings. The van der Waals surface area contributed by atoms with Crippen LogP contribution in [-0.2, 0) is 4.74 Å². The summed E-state index contributed by atoms with van der Waals surface area (Å²) in [6.07, 6.45) is 3.55. The van der Waals surface area contributed by atoms with Crippen molar-refractivity contribution in [3.05, 3.63) is 11.8 Å². The van der Waals surface area contributed by atoms with Gasteiger partial charge in [-0.15, -0.1) is 10.2 Å². The van der Waals surface area contributed by atoms with E-state index < -0.39 is 0 Å². The lowest BCUT2D eigenvalue weighted by molar-refractivity contribution is 0.0923. The molecule has 1 saturated carbocycles. The predicted molar refractivity (Wildman–Crippen MR) is 46.3 cm³/mol. The van der Waals surface area contributed by atoms with Crippen molar-refractivity contribution < 1.29 is 9.15 Å². The molecular weight excluding hydrogens is 168 g/mol. The quantitative estimate of drug-likeness (QED) is 0.717. The minimum Gasteiger partial charge on any atom is -0.422 e. The highest BCUT2D eigenvalue weighted by Crippen LogP contribution is 2.35. The van der Waals surface area contributed by atoms with Crippen molar-refractivity contribution in [1.29, 1.82) is 0 Å². The summed E-state index contributed by atoms with van der Waals surface area (Å²) in [5.41, 5.74) is 0. The lowest BCUT2D eigenvalue weighted by Gasteiger charge is -2.20. The second-order valence-electron chi connectivity index (χ2n) is 3.48. The summed E-state index contributed by atoms with van der Waals surface area (Å²) < 4.78 is 10.6. The average Bonchev–Trinajstić information content (AvgIpc) is 2.49. The first kappa shape index (κ1) is 8.69. The lowest BCUT2D eigenvalue weighted by Crippen LogP contribution is -2.08. The molecule has 0 bridgehead atoms. The van der Waals surface area contributed by atoms with E-state index >= 15 is 0 Å². The van der Waals surface area contributed by atoms with E-state index in [1.807, 2.05) is 6.92 Å². The summed E-state index contributed by atoms with van der Waals surface area (Å²) in [5, 5.41) is 7.96. The van der Waals surface area contributed by atoms with Crippen LogP contribution in [0.5, 0.6) is 0 Å². The smallest absolute Gasteiger partial charge is 0.244 e. The lowest BCUT2D eigenvalue weighted by atomic mass is 9.85. The number of hydrogen-bond donors (Lipinski definition) is 0. The van der Waals surface area contributed by atoms with Crippen LogP contribution in [0, 0.1) is 0 Å². The number of methoxy groups -OCH3 is 1. The van der Waals surface area contributed by atoms with Crippen molar-refractivity contribution >= 4 is 0 Å². The van der Waals surface area contributed by atoms with Crippen LogP contribution in [-0.4, -0.2) is 17.3 Å². The van der Waals surface area contributed by atoms with Crippen molar-refractivity contribution in [2.24, 2.45) is 0 Å². The summed E-state index contributed by atoms with van der Waals surface area (Å²) in [6.45, 7) is 1.90. The van der Waals surface area contributed by atoms with E-state index in [4.69, 9.17) is 9.15 Å². The Bertz CT molecular complexity index is 262. The Morgan fingerprint density at radius 2 is 2.23 bits per heavy atom.